The van der Waals surface area contributed by atoms with Gasteiger partial charge in [-0.05, 0) is 32.1 Å². The van der Waals surface area contributed by atoms with E-state index in [0.717, 1.165) is 18.4 Å². The van der Waals surface area contributed by atoms with Crippen molar-refractivity contribution < 1.29 is 24.1 Å². The van der Waals surface area contributed by atoms with Gasteiger partial charge in [0.1, 0.15) is 6.10 Å². The Morgan fingerprint density at radius 2 is 2.04 bits per heavy atom. The average molecular weight is 360 g/mol. The number of carbonyl (C=O) groups excluding carboxylic acids is 1. The predicted molar refractivity (Wildman–Crippen MR) is 94.0 cm³/mol. The van der Waals surface area contributed by atoms with Crippen molar-refractivity contribution in [1.82, 2.24) is 0 Å². The van der Waals surface area contributed by atoms with Gasteiger partial charge in [-0.15, -0.1) is 0 Å². The number of ether oxygens (including phenoxy) is 3. The van der Waals surface area contributed by atoms with Crippen molar-refractivity contribution in [2.24, 2.45) is 29.6 Å². The molecule has 5 aliphatic rings. The standard InChI is InChI=1S/C21H28O5/c1-11(2)12-6-14-13(9-21(8-12)24-4-5-25-21)7-15-18-16(10-20(15,3)23)26-19(22)17(14)18/h7,12,14-18,23H,1,4-6,8-10H2,2-3H3/t12-,14-,15+,16+,17+,18-,20-/m1/s1. The molecule has 5 nitrogen and oxygen atoms in total. The lowest BCUT2D eigenvalue weighted by molar-refractivity contribution is -0.164. The molecule has 0 aromatic heterocycles. The van der Waals surface area contributed by atoms with E-state index in [2.05, 4.69) is 19.6 Å². The Hall–Kier alpha value is -1.17. The Morgan fingerprint density at radius 1 is 1.31 bits per heavy atom. The molecule has 0 radical (unpaired) electrons. The molecule has 5 rings (SSSR count). The normalized spacial score (nSPS) is 48.6. The van der Waals surface area contributed by atoms with Crippen LogP contribution < -0.4 is 0 Å². The number of carbonyl (C=O) groups is 1. The second-order valence-corrected chi connectivity index (χ2v) is 9.28. The van der Waals surface area contributed by atoms with Crippen LogP contribution in [0.4, 0.5) is 0 Å². The summed E-state index contributed by atoms with van der Waals surface area (Å²) in [6.45, 7) is 9.35. The van der Waals surface area contributed by atoms with E-state index in [1.807, 2.05) is 6.92 Å². The molecule has 2 saturated heterocycles. The molecule has 2 saturated carbocycles. The van der Waals surface area contributed by atoms with E-state index in [1.165, 1.54) is 5.57 Å². The zero-order chi connectivity index (χ0) is 18.3. The molecule has 5 heteroatoms. The quantitative estimate of drug-likeness (QED) is 0.575. The van der Waals surface area contributed by atoms with Crippen LogP contribution in [0.1, 0.15) is 39.5 Å². The SMILES string of the molecule is C=C(C)[C@@H]1C[C@@H]2C(=C[C@H]3[C@H]4[C@H]2C(=O)O[C@H]4C[C@@]3(C)O)CC2(C1)OCCO2. The zero-order valence-electron chi connectivity index (χ0n) is 15.6. The highest BCUT2D eigenvalue weighted by atomic mass is 16.7. The fourth-order valence-corrected chi connectivity index (χ4v) is 6.32. The van der Waals surface area contributed by atoms with Crippen molar-refractivity contribution in [3.05, 3.63) is 23.8 Å². The number of esters is 1. The zero-order valence-corrected chi connectivity index (χ0v) is 15.6. The highest BCUT2D eigenvalue weighted by Gasteiger charge is 2.64. The lowest BCUT2D eigenvalue weighted by atomic mass is 9.65. The fourth-order valence-electron chi connectivity index (χ4n) is 6.32. The van der Waals surface area contributed by atoms with Gasteiger partial charge in [0.05, 0.1) is 24.7 Å². The van der Waals surface area contributed by atoms with Crippen LogP contribution in [0, 0.1) is 29.6 Å². The van der Waals surface area contributed by atoms with Gasteiger partial charge in [0, 0.05) is 31.1 Å². The molecule has 1 spiro atoms. The van der Waals surface area contributed by atoms with Gasteiger partial charge in [0.25, 0.3) is 0 Å². The van der Waals surface area contributed by atoms with Crippen molar-refractivity contribution in [3.8, 4) is 0 Å². The first-order chi connectivity index (χ1) is 12.3. The molecule has 2 aliphatic heterocycles. The molecule has 0 aromatic rings. The molecular formula is C21H28O5. The van der Waals surface area contributed by atoms with Gasteiger partial charge in [-0.2, -0.15) is 0 Å². The van der Waals surface area contributed by atoms with Crippen LogP contribution in [-0.2, 0) is 19.0 Å². The largest absolute Gasteiger partial charge is 0.462 e. The molecule has 26 heavy (non-hydrogen) atoms. The van der Waals surface area contributed by atoms with Crippen LogP contribution in [0.3, 0.4) is 0 Å². The van der Waals surface area contributed by atoms with Crippen molar-refractivity contribution in [1.29, 1.82) is 0 Å². The second-order valence-electron chi connectivity index (χ2n) is 9.28. The molecular weight excluding hydrogens is 332 g/mol. The predicted octanol–water partition coefficient (Wildman–Crippen LogP) is 2.59. The average Bonchev–Trinajstić information content (AvgIpc) is 3.14. The smallest absolute Gasteiger partial charge is 0.310 e. The van der Waals surface area contributed by atoms with Crippen LogP contribution in [-0.4, -0.2) is 41.8 Å². The van der Waals surface area contributed by atoms with E-state index in [4.69, 9.17) is 14.2 Å². The molecule has 3 aliphatic carbocycles. The number of hydrogen-bond acceptors (Lipinski definition) is 5. The highest BCUT2D eigenvalue weighted by molar-refractivity contribution is 5.77. The summed E-state index contributed by atoms with van der Waals surface area (Å²) in [6, 6.07) is 0. The maximum Gasteiger partial charge on any atom is 0.310 e. The van der Waals surface area contributed by atoms with Gasteiger partial charge in [-0.25, -0.2) is 0 Å². The Balaban J connectivity index is 1.60. The third-order valence-electron chi connectivity index (χ3n) is 7.51. The van der Waals surface area contributed by atoms with Crippen LogP contribution in [0.15, 0.2) is 23.8 Å². The van der Waals surface area contributed by atoms with Crippen LogP contribution in [0.25, 0.3) is 0 Å². The third kappa shape index (κ3) is 2.30. The monoisotopic (exact) mass is 360 g/mol. The van der Waals surface area contributed by atoms with Crippen molar-refractivity contribution in [3.63, 3.8) is 0 Å². The van der Waals surface area contributed by atoms with Crippen molar-refractivity contribution in [2.75, 3.05) is 13.2 Å². The molecule has 2 heterocycles. The summed E-state index contributed by atoms with van der Waals surface area (Å²) in [5.41, 5.74) is 1.51. The summed E-state index contributed by atoms with van der Waals surface area (Å²) < 4.78 is 17.9. The fraction of sp³-hybridized carbons (Fsp3) is 0.762. The summed E-state index contributed by atoms with van der Waals surface area (Å²) in [6.07, 6.45) is 4.96. The Labute approximate surface area is 154 Å². The summed E-state index contributed by atoms with van der Waals surface area (Å²) in [4.78, 5) is 12.7. The first kappa shape index (κ1) is 17.0. The lowest BCUT2D eigenvalue weighted by Gasteiger charge is -2.39. The van der Waals surface area contributed by atoms with Crippen LogP contribution in [0.2, 0.25) is 0 Å². The van der Waals surface area contributed by atoms with Gasteiger partial charge in [-0.3, -0.25) is 4.79 Å². The van der Waals surface area contributed by atoms with Crippen molar-refractivity contribution in [2.45, 2.75) is 57.0 Å². The van der Waals surface area contributed by atoms with Gasteiger partial charge >= 0.3 is 5.97 Å². The maximum atomic E-state index is 12.7. The number of rotatable bonds is 1. The summed E-state index contributed by atoms with van der Waals surface area (Å²) in [7, 11) is 0. The topological polar surface area (TPSA) is 65.0 Å². The first-order valence-corrected chi connectivity index (χ1v) is 9.86. The summed E-state index contributed by atoms with van der Waals surface area (Å²) in [5, 5.41) is 10.9. The van der Waals surface area contributed by atoms with E-state index < -0.39 is 11.4 Å². The van der Waals surface area contributed by atoms with Gasteiger partial charge in [0.2, 0.25) is 0 Å². The van der Waals surface area contributed by atoms with Gasteiger partial charge < -0.3 is 19.3 Å². The van der Waals surface area contributed by atoms with Crippen molar-refractivity contribution >= 4 is 5.97 Å². The molecule has 142 valence electrons. The Morgan fingerprint density at radius 3 is 2.73 bits per heavy atom. The minimum Gasteiger partial charge on any atom is -0.462 e. The number of hydrogen-bond donors (Lipinski definition) is 1. The van der Waals surface area contributed by atoms with Crippen LogP contribution in [0.5, 0.6) is 0 Å². The van der Waals surface area contributed by atoms with E-state index in [0.29, 0.717) is 26.1 Å². The van der Waals surface area contributed by atoms with E-state index >= 15 is 0 Å². The highest BCUT2D eigenvalue weighted by Crippen LogP contribution is 2.59. The molecule has 0 bridgehead atoms. The lowest BCUT2D eigenvalue weighted by Crippen LogP contribution is -2.41. The molecule has 4 fully saturated rings. The minimum atomic E-state index is -0.823. The third-order valence-corrected chi connectivity index (χ3v) is 7.51. The molecule has 0 unspecified atom stereocenters. The van der Waals surface area contributed by atoms with E-state index in [-0.39, 0.29) is 41.7 Å². The number of fused-ring (bicyclic) bond motifs is 2. The van der Waals surface area contributed by atoms with Crippen LogP contribution >= 0.6 is 0 Å². The molecule has 7 atom stereocenters. The molecule has 1 N–H and O–H groups in total. The molecule has 0 amide bonds. The van der Waals surface area contributed by atoms with E-state index in [9.17, 15) is 9.90 Å². The Kier molecular flexibility index (Phi) is 3.54. The van der Waals surface area contributed by atoms with E-state index in [1.54, 1.807) is 0 Å². The second kappa shape index (κ2) is 5.43. The minimum absolute atomic E-state index is 0.0324. The number of allylic oxidation sites excluding steroid dienone is 1. The maximum absolute atomic E-state index is 12.7. The summed E-state index contributed by atoms with van der Waals surface area (Å²) >= 11 is 0. The van der Waals surface area contributed by atoms with Gasteiger partial charge in [-0.1, -0.05) is 23.8 Å². The number of aliphatic hydroxyl groups is 1. The van der Waals surface area contributed by atoms with Gasteiger partial charge in [0.15, 0.2) is 5.79 Å². The molecule has 0 aromatic carbocycles. The summed E-state index contributed by atoms with van der Waals surface area (Å²) in [5.74, 6) is -0.390. The Bertz CT molecular complexity index is 687. The first-order valence-electron chi connectivity index (χ1n) is 9.86.